The number of nitrogens with zero attached hydrogens (tertiary/aromatic N) is 2. The molecule has 114 valence electrons. The third-order valence-corrected chi connectivity index (χ3v) is 4.88. The molecule has 2 aliphatic rings. The Labute approximate surface area is 125 Å². The summed E-state index contributed by atoms with van der Waals surface area (Å²) in [6, 6.07) is 0.259. The number of piperazine rings is 1. The van der Waals surface area contributed by atoms with Gasteiger partial charge in [0.1, 0.15) is 0 Å². The first-order valence-corrected chi connectivity index (χ1v) is 8.69. The maximum absolute atomic E-state index is 12.1. The number of hydrogen-bond donors (Lipinski definition) is 1. The molecule has 2 saturated heterocycles. The Bertz CT molecular complexity index is 345. The Hall–Kier alpha value is -0.750. The molecule has 0 spiro atoms. The molecule has 1 N–H and O–H groups in total. The zero-order valence-corrected chi connectivity index (χ0v) is 13.1. The van der Waals surface area contributed by atoms with Gasteiger partial charge in [-0.3, -0.25) is 9.59 Å². The van der Waals surface area contributed by atoms with E-state index in [1.165, 1.54) is 18.2 Å². The molecule has 2 rings (SSSR count). The molecule has 6 heteroatoms. The number of nitrogens with one attached hydrogen (secondary N) is 1. The molecule has 0 bridgehead atoms. The fourth-order valence-corrected chi connectivity index (χ4v) is 3.55. The van der Waals surface area contributed by atoms with Crippen molar-refractivity contribution in [2.75, 3.05) is 44.2 Å². The van der Waals surface area contributed by atoms with Gasteiger partial charge < -0.3 is 15.1 Å². The summed E-state index contributed by atoms with van der Waals surface area (Å²) in [5.41, 5.74) is 0. The van der Waals surface area contributed by atoms with Crippen LogP contribution in [0.4, 0.5) is 0 Å². The average molecular weight is 299 g/mol. The fraction of sp³-hybridized carbons (Fsp3) is 0.857. The lowest BCUT2D eigenvalue weighted by molar-refractivity contribution is -0.131. The normalized spacial score (nSPS) is 23.8. The summed E-state index contributed by atoms with van der Waals surface area (Å²) in [5, 5.41) is 3.28. The molecule has 20 heavy (non-hydrogen) atoms. The van der Waals surface area contributed by atoms with Crippen LogP contribution in [0.2, 0.25) is 0 Å². The van der Waals surface area contributed by atoms with E-state index in [9.17, 15) is 9.59 Å². The van der Waals surface area contributed by atoms with Gasteiger partial charge in [-0.05, 0) is 26.2 Å². The monoisotopic (exact) mass is 299 g/mol. The van der Waals surface area contributed by atoms with E-state index in [1.807, 2.05) is 9.80 Å². The molecule has 1 unspecified atom stereocenters. The number of piperidine rings is 1. The van der Waals surface area contributed by atoms with Crippen LogP contribution in [0, 0.1) is 0 Å². The Morgan fingerprint density at radius 3 is 2.50 bits per heavy atom. The van der Waals surface area contributed by atoms with Gasteiger partial charge in [0, 0.05) is 38.8 Å². The lowest BCUT2D eigenvalue weighted by Gasteiger charge is -2.34. The quantitative estimate of drug-likeness (QED) is 0.824. The van der Waals surface area contributed by atoms with E-state index in [0.29, 0.717) is 11.5 Å². The molecule has 1 atom stereocenters. The average Bonchev–Trinajstić information content (AvgIpc) is 2.48. The second kappa shape index (κ2) is 7.88. The van der Waals surface area contributed by atoms with E-state index in [2.05, 4.69) is 12.2 Å². The second-order valence-corrected chi connectivity index (χ2v) is 6.56. The molecule has 0 aromatic rings. The first-order chi connectivity index (χ1) is 9.68. The van der Waals surface area contributed by atoms with Gasteiger partial charge in [-0.1, -0.05) is 0 Å². The predicted octanol–water partition coefficient (Wildman–Crippen LogP) is 0.552. The van der Waals surface area contributed by atoms with Crippen molar-refractivity contribution >= 4 is 23.6 Å². The Morgan fingerprint density at radius 1 is 1.10 bits per heavy atom. The predicted molar refractivity (Wildman–Crippen MR) is 81.8 cm³/mol. The van der Waals surface area contributed by atoms with Crippen LogP contribution in [-0.4, -0.2) is 71.9 Å². The summed E-state index contributed by atoms with van der Waals surface area (Å²) in [6.07, 6.45) is 3.47. The molecule has 5 nitrogen and oxygen atoms in total. The van der Waals surface area contributed by atoms with Crippen molar-refractivity contribution in [3.05, 3.63) is 0 Å². The highest BCUT2D eigenvalue weighted by Gasteiger charge is 2.23. The summed E-state index contributed by atoms with van der Waals surface area (Å²) in [5.74, 6) is 1.21. The van der Waals surface area contributed by atoms with Gasteiger partial charge in [0.2, 0.25) is 11.8 Å². The summed E-state index contributed by atoms with van der Waals surface area (Å²) < 4.78 is 0. The van der Waals surface area contributed by atoms with Crippen LogP contribution in [0.1, 0.15) is 26.2 Å². The first kappa shape index (κ1) is 15.6. The minimum absolute atomic E-state index is 0.162. The first-order valence-electron chi connectivity index (χ1n) is 7.54. The maximum Gasteiger partial charge on any atom is 0.232 e. The number of likely N-dealkylation sites (tertiary alicyclic amines) is 1. The number of thioether (sulfide) groups is 1. The lowest BCUT2D eigenvalue weighted by Crippen LogP contribution is -2.52. The van der Waals surface area contributed by atoms with Gasteiger partial charge >= 0.3 is 0 Å². The smallest absolute Gasteiger partial charge is 0.232 e. The highest BCUT2D eigenvalue weighted by Crippen LogP contribution is 2.12. The van der Waals surface area contributed by atoms with Crippen LogP contribution in [0.5, 0.6) is 0 Å². The third kappa shape index (κ3) is 4.38. The van der Waals surface area contributed by atoms with E-state index in [0.717, 1.165) is 45.6 Å². The minimum atomic E-state index is 0.162. The number of hydrogen-bond acceptors (Lipinski definition) is 4. The van der Waals surface area contributed by atoms with Crippen molar-refractivity contribution in [1.29, 1.82) is 0 Å². The van der Waals surface area contributed by atoms with Crippen molar-refractivity contribution in [2.24, 2.45) is 0 Å². The number of rotatable bonds is 4. The molecule has 2 aliphatic heterocycles. The molecular formula is C14H25N3O2S. The van der Waals surface area contributed by atoms with Crippen LogP contribution in [0.25, 0.3) is 0 Å². The summed E-state index contributed by atoms with van der Waals surface area (Å²) in [6.45, 7) is 6.36. The molecule has 2 amide bonds. The van der Waals surface area contributed by atoms with Crippen LogP contribution in [0.15, 0.2) is 0 Å². The van der Waals surface area contributed by atoms with Gasteiger partial charge in [0.25, 0.3) is 0 Å². The zero-order valence-electron chi connectivity index (χ0n) is 12.3. The van der Waals surface area contributed by atoms with E-state index >= 15 is 0 Å². The molecule has 2 heterocycles. The molecule has 0 radical (unpaired) electrons. The number of carbonyl (C=O) groups is 2. The van der Waals surface area contributed by atoms with Crippen molar-refractivity contribution in [1.82, 2.24) is 15.1 Å². The summed E-state index contributed by atoms with van der Waals surface area (Å²) >= 11 is 1.46. The second-order valence-electron chi connectivity index (χ2n) is 5.57. The topological polar surface area (TPSA) is 52.7 Å². The molecular weight excluding hydrogens is 274 g/mol. The molecule has 2 fully saturated rings. The number of amides is 2. The SMILES string of the molecule is CC1CNCCN1C(=O)CSCC(=O)N1CCCCC1. The fourth-order valence-electron chi connectivity index (χ4n) is 2.75. The highest BCUT2D eigenvalue weighted by molar-refractivity contribution is 8.00. The molecule has 0 saturated carbocycles. The van der Waals surface area contributed by atoms with E-state index in [1.54, 1.807) is 0 Å². The van der Waals surface area contributed by atoms with Crippen molar-refractivity contribution in [3.8, 4) is 0 Å². The Morgan fingerprint density at radius 2 is 1.80 bits per heavy atom. The van der Waals surface area contributed by atoms with Crippen LogP contribution < -0.4 is 5.32 Å². The number of carbonyl (C=O) groups excluding carboxylic acids is 2. The maximum atomic E-state index is 12.1. The van der Waals surface area contributed by atoms with E-state index < -0.39 is 0 Å². The van der Waals surface area contributed by atoms with Gasteiger partial charge in [0.05, 0.1) is 11.5 Å². The van der Waals surface area contributed by atoms with Gasteiger partial charge in [0.15, 0.2) is 0 Å². The lowest BCUT2D eigenvalue weighted by atomic mass is 10.1. The van der Waals surface area contributed by atoms with Crippen molar-refractivity contribution < 1.29 is 9.59 Å². The van der Waals surface area contributed by atoms with Gasteiger partial charge in [-0.25, -0.2) is 0 Å². The Balaban J connectivity index is 1.66. The Kier molecular flexibility index (Phi) is 6.16. The van der Waals surface area contributed by atoms with Gasteiger partial charge in [-0.15, -0.1) is 11.8 Å². The van der Waals surface area contributed by atoms with E-state index in [-0.39, 0.29) is 17.9 Å². The minimum Gasteiger partial charge on any atom is -0.342 e. The highest BCUT2D eigenvalue weighted by atomic mass is 32.2. The van der Waals surface area contributed by atoms with Crippen LogP contribution in [-0.2, 0) is 9.59 Å². The third-order valence-electron chi connectivity index (χ3n) is 3.98. The zero-order chi connectivity index (χ0) is 14.4. The largest absolute Gasteiger partial charge is 0.342 e. The van der Waals surface area contributed by atoms with Crippen LogP contribution in [0.3, 0.4) is 0 Å². The van der Waals surface area contributed by atoms with Crippen LogP contribution >= 0.6 is 11.8 Å². The van der Waals surface area contributed by atoms with Crippen molar-refractivity contribution in [3.63, 3.8) is 0 Å². The molecule has 0 aromatic heterocycles. The summed E-state index contributed by atoms with van der Waals surface area (Å²) in [4.78, 5) is 28.0. The molecule has 0 aromatic carbocycles. The van der Waals surface area contributed by atoms with Crippen molar-refractivity contribution in [2.45, 2.75) is 32.2 Å². The standard InChI is InChI=1S/C14H25N3O2S/c1-12-9-15-5-8-17(12)14(19)11-20-10-13(18)16-6-3-2-4-7-16/h12,15H,2-11H2,1H3. The van der Waals surface area contributed by atoms with Gasteiger partial charge in [-0.2, -0.15) is 0 Å². The van der Waals surface area contributed by atoms with E-state index in [4.69, 9.17) is 0 Å². The summed E-state index contributed by atoms with van der Waals surface area (Å²) in [7, 11) is 0. The molecule has 0 aliphatic carbocycles.